The molecule has 2 atom stereocenters. The summed E-state index contributed by atoms with van der Waals surface area (Å²) in [4.78, 5) is 0.505. The molecule has 0 heterocycles. The maximum atomic E-state index is 13.4. The first kappa shape index (κ1) is 14.3. The standard InChI is InChI=1S/C14H17Br2FO/c1-3-14(4-2)12(16)8-13(14)18-9-5-6-10(15)11(17)7-9/h5-7,12-13H,3-4,8H2,1-2H3. The Labute approximate surface area is 124 Å². The first-order valence-electron chi connectivity index (χ1n) is 6.29. The molecule has 0 saturated heterocycles. The van der Waals surface area contributed by atoms with Crippen molar-refractivity contribution in [3.05, 3.63) is 28.5 Å². The number of hydrogen-bond donors (Lipinski definition) is 0. The van der Waals surface area contributed by atoms with Crippen molar-refractivity contribution in [2.24, 2.45) is 5.41 Å². The largest absolute Gasteiger partial charge is 0.490 e. The van der Waals surface area contributed by atoms with Gasteiger partial charge in [0.15, 0.2) is 0 Å². The van der Waals surface area contributed by atoms with Crippen LogP contribution < -0.4 is 4.74 Å². The van der Waals surface area contributed by atoms with E-state index in [2.05, 4.69) is 45.7 Å². The van der Waals surface area contributed by atoms with Gasteiger partial charge in [-0.05, 0) is 47.3 Å². The van der Waals surface area contributed by atoms with Gasteiger partial charge in [-0.3, -0.25) is 0 Å². The van der Waals surface area contributed by atoms with E-state index in [1.165, 1.54) is 6.07 Å². The van der Waals surface area contributed by atoms with Gasteiger partial charge >= 0.3 is 0 Å². The van der Waals surface area contributed by atoms with E-state index in [1.807, 2.05) is 6.07 Å². The Morgan fingerprint density at radius 1 is 1.39 bits per heavy atom. The zero-order valence-electron chi connectivity index (χ0n) is 10.6. The summed E-state index contributed by atoms with van der Waals surface area (Å²) in [5, 5.41) is 0. The Morgan fingerprint density at radius 2 is 2.06 bits per heavy atom. The lowest BCUT2D eigenvalue weighted by molar-refractivity contribution is -0.0412. The molecule has 1 aliphatic carbocycles. The predicted molar refractivity (Wildman–Crippen MR) is 78.9 cm³/mol. The average Bonchev–Trinajstić information content (AvgIpc) is 2.35. The van der Waals surface area contributed by atoms with Crippen LogP contribution in [-0.2, 0) is 0 Å². The highest BCUT2D eigenvalue weighted by Crippen LogP contribution is 2.52. The number of benzene rings is 1. The van der Waals surface area contributed by atoms with Crippen molar-refractivity contribution in [2.45, 2.75) is 44.0 Å². The van der Waals surface area contributed by atoms with Crippen LogP contribution in [-0.4, -0.2) is 10.9 Å². The Hall–Kier alpha value is -0.0900. The summed E-state index contributed by atoms with van der Waals surface area (Å²) in [6.07, 6.45) is 3.31. The molecule has 0 bridgehead atoms. The second-order valence-electron chi connectivity index (χ2n) is 4.83. The van der Waals surface area contributed by atoms with Crippen molar-refractivity contribution in [3.63, 3.8) is 0 Å². The summed E-state index contributed by atoms with van der Waals surface area (Å²) in [7, 11) is 0. The first-order valence-corrected chi connectivity index (χ1v) is 8.00. The second kappa shape index (κ2) is 5.49. The zero-order chi connectivity index (χ0) is 13.3. The lowest BCUT2D eigenvalue weighted by Gasteiger charge is -2.52. The highest BCUT2D eigenvalue weighted by Gasteiger charge is 2.53. The minimum Gasteiger partial charge on any atom is -0.490 e. The molecule has 0 spiro atoms. The van der Waals surface area contributed by atoms with Gasteiger partial charge in [0, 0.05) is 16.3 Å². The van der Waals surface area contributed by atoms with E-state index in [-0.39, 0.29) is 17.3 Å². The summed E-state index contributed by atoms with van der Waals surface area (Å²) in [6, 6.07) is 4.95. The number of halogens is 3. The first-order chi connectivity index (χ1) is 8.53. The van der Waals surface area contributed by atoms with Crippen molar-refractivity contribution < 1.29 is 9.13 Å². The second-order valence-corrected chi connectivity index (χ2v) is 6.79. The van der Waals surface area contributed by atoms with E-state index < -0.39 is 0 Å². The van der Waals surface area contributed by atoms with Gasteiger partial charge in [0.25, 0.3) is 0 Å². The lowest BCUT2D eigenvalue weighted by Crippen LogP contribution is -2.56. The number of ether oxygens (including phenoxy) is 1. The normalized spacial score (nSPS) is 25.6. The van der Waals surface area contributed by atoms with Crippen LogP contribution in [0.5, 0.6) is 5.75 Å². The fraction of sp³-hybridized carbons (Fsp3) is 0.571. The Balaban J connectivity index is 2.12. The molecule has 1 fully saturated rings. The van der Waals surface area contributed by atoms with Gasteiger partial charge in [0.1, 0.15) is 17.7 Å². The van der Waals surface area contributed by atoms with Gasteiger partial charge < -0.3 is 4.74 Å². The van der Waals surface area contributed by atoms with Crippen LogP contribution in [0.15, 0.2) is 22.7 Å². The smallest absolute Gasteiger partial charge is 0.141 e. The Kier molecular flexibility index (Phi) is 4.37. The van der Waals surface area contributed by atoms with Crippen molar-refractivity contribution >= 4 is 31.9 Å². The molecular weight excluding hydrogens is 363 g/mol. The molecule has 0 aromatic heterocycles. The molecule has 1 aromatic rings. The summed E-state index contributed by atoms with van der Waals surface area (Å²) in [5.41, 5.74) is 0.184. The van der Waals surface area contributed by atoms with Gasteiger partial charge in [-0.2, -0.15) is 0 Å². The number of rotatable bonds is 4. The maximum Gasteiger partial charge on any atom is 0.141 e. The van der Waals surface area contributed by atoms with Crippen LogP contribution in [0.1, 0.15) is 33.1 Å². The Morgan fingerprint density at radius 3 is 2.56 bits per heavy atom. The van der Waals surface area contributed by atoms with Gasteiger partial charge in [-0.25, -0.2) is 4.39 Å². The van der Waals surface area contributed by atoms with Crippen molar-refractivity contribution in [1.29, 1.82) is 0 Å². The highest BCUT2D eigenvalue weighted by atomic mass is 79.9. The fourth-order valence-corrected chi connectivity index (χ4v) is 4.26. The topological polar surface area (TPSA) is 9.23 Å². The third-order valence-electron chi connectivity index (χ3n) is 4.17. The molecule has 2 unspecified atom stereocenters. The van der Waals surface area contributed by atoms with Crippen LogP contribution >= 0.6 is 31.9 Å². The molecule has 0 radical (unpaired) electrons. The Bertz CT molecular complexity index is 432. The van der Waals surface area contributed by atoms with Gasteiger partial charge in [-0.1, -0.05) is 29.8 Å². The van der Waals surface area contributed by atoms with Crippen LogP contribution in [0.25, 0.3) is 0 Å². The maximum absolute atomic E-state index is 13.4. The quantitative estimate of drug-likeness (QED) is 0.644. The summed E-state index contributed by atoms with van der Waals surface area (Å²) in [6.45, 7) is 4.38. The third-order valence-corrected chi connectivity index (χ3v) is 6.10. The zero-order valence-corrected chi connectivity index (χ0v) is 13.7. The van der Waals surface area contributed by atoms with Crippen LogP contribution in [0, 0.1) is 11.2 Å². The van der Waals surface area contributed by atoms with Gasteiger partial charge in [0.05, 0.1) is 4.47 Å². The van der Waals surface area contributed by atoms with E-state index in [9.17, 15) is 4.39 Å². The van der Waals surface area contributed by atoms with Crippen LogP contribution in [0.3, 0.4) is 0 Å². The van der Waals surface area contributed by atoms with Crippen molar-refractivity contribution in [1.82, 2.24) is 0 Å². The molecule has 100 valence electrons. The SMILES string of the molecule is CCC1(CC)C(Br)CC1Oc1ccc(Br)c(F)c1. The molecule has 0 N–H and O–H groups in total. The minimum atomic E-state index is -0.277. The average molecular weight is 380 g/mol. The van der Waals surface area contributed by atoms with Crippen molar-refractivity contribution in [3.8, 4) is 5.75 Å². The predicted octanol–water partition coefficient (Wildman–Crippen LogP) is 5.31. The van der Waals surface area contributed by atoms with E-state index in [0.29, 0.717) is 15.0 Å². The molecule has 4 heteroatoms. The molecule has 1 saturated carbocycles. The van der Waals surface area contributed by atoms with Crippen molar-refractivity contribution in [2.75, 3.05) is 0 Å². The molecule has 1 aliphatic rings. The minimum absolute atomic E-state index is 0.178. The number of alkyl halides is 1. The molecule has 2 rings (SSSR count). The van der Waals surface area contributed by atoms with Crippen LogP contribution in [0.4, 0.5) is 4.39 Å². The van der Waals surface area contributed by atoms with Gasteiger partial charge in [0.2, 0.25) is 0 Å². The molecule has 0 aliphatic heterocycles. The number of hydrogen-bond acceptors (Lipinski definition) is 1. The van der Waals surface area contributed by atoms with E-state index >= 15 is 0 Å². The molecule has 1 nitrogen and oxygen atoms in total. The molecule has 0 amide bonds. The highest BCUT2D eigenvalue weighted by molar-refractivity contribution is 9.10. The molecular formula is C14H17Br2FO. The summed E-state index contributed by atoms with van der Waals surface area (Å²) < 4.78 is 19.9. The van der Waals surface area contributed by atoms with E-state index in [1.54, 1.807) is 6.07 Å². The van der Waals surface area contributed by atoms with Gasteiger partial charge in [-0.15, -0.1) is 0 Å². The lowest BCUT2D eigenvalue weighted by atomic mass is 9.62. The van der Waals surface area contributed by atoms with E-state index in [0.717, 1.165) is 19.3 Å². The monoisotopic (exact) mass is 378 g/mol. The molecule has 18 heavy (non-hydrogen) atoms. The van der Waals surface area contributed by atoms with E-state index in [4.69, 9.17) is 4.74 Å². The fourth-order valence-electron chi connectivity index (χ4n) is 2.73. The summed E-state index contributed by atoms with van der Waals surface area (Å²) in [5.74, 6) is 0.340. The van der Waals surface area contributed by atoms with Crippen LogP contribution in [0.2, 0.25) is 0 Å². The third kappa shape index (κ3) is 2.34. The molecule has 1 aromatic carbocycles. The summed E-state index contributed by atoms with van der Waals surface area (Å²) >= 11 is 6.87.